The van der Waals surface area contributed by atoms with Crippen molar-refractivity contribution in [2.45, 2.75) is 26.4 Å². The third kappa shape index (κ3) is 4.42. The number of quaternary nitrogens is 1. The summed E-state index contributed by atoms with van der Waals surface area (Å²) in [4.78, 5) is 13.6. The molecule has 3 nitrogen and oxygen atoms in total. The van der Waals surface area contributed by atoms with E-state index in [0.717, 1.165) is 27.2 Å². The van der Waals surface area contributed by atoms with Crippen LogP contribution in [0.5, 0.6) is 0 Å². The quantitative estimate of drug-likeness (QED) is 0.843. The summed E-state index contributed by atoms with van der Waals surface area (Å²) < 4.78 is 0.911. The highest BCUT2D eigenvalue weighted by atomic mass is 79.9. The fourth-order valence-electron chi connectivity index (χ4n) is 2.26. The van der Waals surface area contributed by atoms with E-state index < -0.39 is 0 Å². The van der Waals surface area contributed by atoms with Crippen LogP contribution < -0.4 is 10.2 Å². The zero-order valence-corrected chi connectivity index (χ0v) is 14.8. The number of likely N-dealkylation sites (N-methyl/N-ethyl adjacent to an activating group) is 1. The largest absolute Gasteiger partial charge is 0.324 e. The summed E-state index contributed by atoms with van der Waals surface area (Å²) in [6.07, 6.45) is 0. The molecule has 0 aliphatic rings. The number of benzene rings is 2. The normalized spacial score (nSPS) is 13.5. The molecule has 0 radical (unpaired) electrons. The molecule has 22 heavy (non-hydrogen) atoms. The first kappa shape index (κ1) is 16.7. The molecule has 2 N–H and O–H groups in total. The molecule has 1 unspecified atom stereocenters. The number of hydrogen-bond acceptors (Lipinski definition) is 1. The van der Waals surface area contributed by atoms with Crippen molar-refractivity contribution in [1.82, 2.24) is 0 Å². The second-order valence-corrected chi connectivity index (χ2v) is 6.56. The zero-order chi connectivity index (χ0) is 16.1. The summed E-state index contributed by atoms with van der Waals surface area (Å²) in [5.74, 6) is 0.0259. The average molecular weight is 362 g/mol. The Balaban J connectivity index is 1.99. The molecule has 0 aromatic heterocycles. The minimum Gasteiger partial charge on any atom is -0.324 e. The van der Waals surface area contributed by atoms with Gasteiger partial charge in [0.25, 0.3) is 5.91 Å². The van der Waals surface area contributed by atoms with Crippen molar-refractivity contribution < 1.29 is 9.69 Å². The molecule has 0 bridgehead atoms. The fraction of sp³-hybridized carbons (Fsp3) is 0.278. The van der Waals surface area contributed by atoms with Crippen LogP contribution in [0.15, 0.2) is 53.0 Å². The Morgan fingerprint density at radius 2 is 1.91 bits per heavy atom. The topological polar surface area (TPSA) is 33.5 Å². The molecule has 0 saturated carbocycles. The first-order valence-electron chi connectivity index (χ1n) is 7.40. The number of halogens is 1. The molecule has 0 fully saturated rings. The van der Waals surface area contributed by atoms with Crippen molar-refractivity contribution in [1.29, 1.82) is 0 Å². The molecule has 0 aliphatic carbocycles. The van der Waals surface area contributed by atoms with Gasteiger partial charge in [-0.15, -0.1) is 0 Å². The van der Waals surface area contributed by atoms with Gasteiger partial charge in [0.15, 0.2) is 6.04 Å². The van der Waals surface area contributed by atoms with Gasteiger partial charge in [-0.1, -0.05) is 36.4 Å². The molecule has 2 atom stereocenters. The number of rotatable bonds is 5. The lowest BCUT2D eigenvalue weighted by Gasteiger charge is -2.21. The van der Waals surface area contributed by atoms with Crippen molar-refractivity contribution >= 4 is 27.5 Å². The van der Waals surface area contributed by atoms with Crippen LogP contribution in [0.25, 0.3) is 0 Å². The van der Waals surface area contributed by atoms with E-state index >= 15 is 0 Å². The Morgan fingerprint density at radius 1 is 1.23 bits per heavy atom. The first-order valence-corrected chi connectivity index (χ1v) is 8.20. The molecule has 0 spiro atoms. The van der Waals surface area contributed by atoms with Crippen LogP contribution >= 0.6 is 15.9 Å². The Bertz CT molecular complexity index is 643. The molecule has 2 rings (SSSR count). The lowest BCUT2D eigenvalue weighted by Crippen LogP contribution is -3.12. The van der Waals surface area contributed by atoms with E-state index in [1.54, 1.807) is 0 Å². The smallest absolute Gasteiger partial charge is 0.282 e. The van der Waals surface area contributed by atoms with Crippen LogP contribution in [0, 0.1) is 6.92 Å². The average Bonchev–Trinajstić information content (AvgIpc) is 2.50. The molecular formula is C18H22BrN2O+. The SMILES string of the molecule is Cc1ccc(NC(=O)[C@H](C)[NH+](C)Cc2ccccc2)c(Br)c1. The number of aryl methyl sites for hydroxylation is 1. The van der Waals surface area contributed by atoms with Gasteiger partial charge < -0.3 is 10.2 Å². The number of nitrogens with one attached hydrogen (secondary N) is 2. The van der Waals surface area contributed by atoms with E-state index in [9.17, 15) is 4.79 Å². The van der Waals surface area contributed by atoms with Crippen molar-refractivity contribution in [2.24, 2.45) is 0 Å². The highest BCUT2D eigenvalue weighted by Gasteiger charge is 2.22. The molecule has 4 heteroatoms. The van der Waals surface area contributed by atoms with Gasteiger partial charge in [-0.3, -0.25) is 4.79 Å². The van der Waals surface area contributed by atoms with Gasteiger partial charge >= 0.3 is 0 Å². The van der Waals surface area contributed by atoms with E-state index in [1.807, 2.05) is 57.3 Å². The number of anilines is 1. The molecule has 0 heterocycles. The molecule has 0 saturated heterocycles. The molecule has 2 aromatic carbocycles. The van der Waals surface area contributed by atoms with Gasteiger partial charge in [0.05, 0.1) is 12.7 Å². The van der Waals surface area contributed by atoms with Gasteiger partial charge in [0.2, 0.25) is 0 Å². The Morgan fingerprint density at radius 3 is 2.55 bits per heavy atom. The second-order valence-electron chi connectivity index (χ2n) is 5.70. The van der Waals surface area contributed by atoms with Crippen LogP contribution in [0.4, 0.5) is 5.69 Å². The van der Waals surface area contributed by atoms with Crippen LogP contribution in [0.2, 0.25) is 0 Å². The maximum absolute atomic E-state index is 12.4. The maximum Gasteiger partial charge on any atom is 0.282 e. The number of amides is 1. The summed E-state index contributed by atoms with van der Waals surface area (Å²) in [5, 5.41) is 3.00. The lowest BCUT2D eigenvalue weighted by molar-refractivity contribution is -0.907. The van der Waals surface area contributed by atoms with Crippen molar-refractivity contribution in [3.05, 3.63) is 64.1 Å². The minimum atomic E-state index is -0.131. The summed E-state index contributed by atoms with van der Waals surface area (Å²) in [6.45, 7) is 4.80. The monoisotopic (exact) mass is 361 g/mol. The molecule has 1 amide bonds. The maximum atomic E-state index is 12.4. The fourth-order valence-corrected chi connectivity index (χ4v) is 2.85. The van der Waals surface area contributed by atoms with Crippen LogP contribution in [-0.2, 0) is 11.3 Å². The van der Waals surface area contributed by atoms with E-state index in [-0.39, 0.29) is 11.9 Å². The molecular weight excluding hydrogens is 340 g/mol. The zero-order valence-electron chi connectivity index (χ0n) is 13.2. The second kappa shape index (κ2) is 7.56. The molecule has 116 valence electrons. The van der Waals surface area contributed by atoms with E-state index in [0.29, 0.717) is 0 Å². The van der Waals surface area contributed by atoms with E-state index in [4.69, 9.17) is 0 Å². The van der Waals surface area contributed by atoms with Gasteiger partial charge in [-0.2, -0.15) is 0 Å². The lowest BCUT2D eigenvalue weighted by atomic mass is 10.2. The summed E-state index contributed by atoms with van der Waals surface area (Å²) in [5.41, 5.74) is 3.20. The van der Waals surface area contributed by atoms with Crippen molar-refractivity contribution in [3.8, 4) is 0 Å². The van der Waals surface area contributed by atoms with E-state index in [1.165, 1.54) is 5.56 Å². The number of hydrogen-bond donors (Lipinski definition) is 2. The summed E-state index contributed by atoms with van der Waals surface area (Å²) in [6, 6.07) is 16.0. The summed E-state index contributed by atoms with van der Waals surface area (Å²) in [7, 11) is 2.04. The Hall–Kier alpha value is -1.65. The van der Waals surface area contributed by atoms with Gasteiger partial charge in [-0.05, 0) is 47.5 Å². The number of carbonyl (C=O) groups is 1. The van der Waals surface area contributed by atoms with Gasteiger partial charge in [0, 0.05) is 10.0 Å². The van der Waals surface area contributed by atoms with E-state index in [2.05, 4.69) is 33.4 Å². The van der Waals surface area contributed by atoms with Gasteiger partial charge in [-0.25, -0.2) is 0 Å². The standard InChI is InChI=1S/C18H21BrN2O/c1-13-9-10-17(16(19)11-13)20-18(22)14(2)21(3)12-15-7-5-4-6-8-15/h4-11,14H,12H2,1-3H3,(H,20,22)/p+1/t14-/m0/s1. The van der Waals surface area contributed by atoms with Crippen LogP contribution in [0.1, 0.15) is 18.1 Å². The van der Waals surface area contributed by atoms with Gasteiger partial charge in [0.1, 0.15) is 6.54 Å². The van der Waals surface area contributed by atoms with Crippen LogP contribution in [-0.4, -0.2) is 19.0 Å². The predicted octanol–water partition coefficient (Wildman–Crippen LogP) is 2.80. The predicted molar refractivity (Wildman–Crippen MR) is 94.0 cm³/mol. The van der Waals surface area contributed by atoms with Crippen molar-refractivity contribution in [3.63, 3.8) is 0 Å². The first-order chi connectivity index (χ1) is 10.5. The Labute approximate surface area is 140 Å². The minimum absolute atomic E-state index is 0.0259. The third-order valence-corrected chi connectivity index (χ3v) is 4.50. The van der Waals surface area contributed by atoms with Crippen molar-refractivity contribution in [2.75, 3.05) is 12.4 Å². The third-order valence-electron chi connectivity index (χ3n) is 3.84. The molecule has 2 aromatic rings. The summed E-state index contributed by atoms with van der Waals surface area (Å²) >= 11 is 3.49. The van der Waals surface area contributed by atoms with Crippen LogP contribution in [0.3, 0.4) is 0 Å². The Kier molecular flexibility index (Phi) is 5.75. The highest BCUT2D eigenvalue weighted by molar-refractivity contribution is 9.10. The number of carbonyl (C=O) groups excluding carboxylic acids is 1. The molecule has 0 aliphatic heterocycles. The highest BCUT2D eigenvalue weighted by Crippen LogP contribution is 2.23.